The first-order valence-electron chi connectivity index (χ1n) is 6.30. The van der Waals surface area contributed by atoms with Gasteiger partial charge in [0.1, 0.15) is 0 Å². The van der Waals surface area contributed by atoms with Gasteiger partial charge in [0.2, 0.25) is 0 Å². The minimum Gasteiger partial charge on any atom is -0.389 e. The zero-order valence-corrected chi connectivity index (χ0v) is 10.4. The largest absolute Gasteiger partial charge is 0.389 e. The molecule has 0 spiro atoms. The number of rotatable bonds is 7. The molecule has 2 N–H and O–H groups in total. The van der Waals surface area contributed by atoms with Crippen LogP contribution in [0.1, 0.15) is 18.4 Å². The number of aryl methyl sites for hydroxylation is 1. The van der Waals surface area contributed by atoms with Crippen molar-refractivity contribution in [1.29, 1.82) is 0 Å². The van der Waals surface area contributed by atoms with E-state index in [9.17, 15) is 5.11 Å². The summed E-state index contributed by atoms with van der Waals surface area (Å²) in [7, 11) is 0. The van der Waals surface area contributed by atoms with Crippen LogP contribution in [-0.4, -0.2) is 31.0 Å². The summed E-state index contributed by atoms with van der Waals surface area (Å²) < 4.78 is 5.44. The molecule has 0 amide bonds. The van der Waals surface area contributed by atoms with Gasteiger partial charge in [-0.15, -0.1) is 0 Å². The van der Waals surface area contributed by atoms with Gasteiger partial charge in [-0.1, -0.05) is 17.7 Å². The molecule has 3 heteroatoms. The van der Waals surface area contributed by atoms with Crippen LogP contribution in [0.4, 0.5) is 5.69 Å². The van der Waals surface area contributed by atoms with E-state index in [0.717, 1.165) is 18.2 Å². The molecule has 2 rings (SSSR count). The van der Waals surface area contributed by atoms with Gasteiger partial charge in [0, 0.05) is 18.8 Å². The summed E-state index contributed by atoms with van der Waals surface area (Å²) in [5.74, 6) is 0.757. The Labute approximate surface area is 103 Å². The molecule has 1 unspecified atom stereocenters. The summed E-state index contributed by atoms with van der Waals surface area (Å²) in [6.45, 7) is 3.83. The van der Waals surface area contributed by atoms with Crippen molar-refractivity contribution in [2.75, 3.05) is 25.1 Å². The van der Waals surface area contributed by atoms with Crippen LogP contribution in [-0.2, 0) is 4.74 Å². The highest BCUT2D eigenvalue weighted by Gasteiger charge is 2.21. The smallest absolute Gasteiger partial charge is 0.0945 e. The molecule has 1 fully saturated rings. The average Bonchev–Trinajstić information content (AvgIpc) is 3.12. The van der Waals surface area contributed by atoms with Crippen molar-refractivity contribution >= 4 is 5.69 Å². The van der Waals surface area contributed by atoms with Crippen molar-refractivity contribution in [1.82, 2.24) is 0 Å². The Kier molecular flexibility index (Phi) is 4.40. The van der Waals surface area contributed by atoms with E-state index < -0.39 is 6.10 Å². The van der Waals surface area contributed by atoms with E-state index in [4.69, 9.17) is 4.74 Å². The van der Waals surface area contributed by atoms with Gasteiger partial charge in [0.05, 0.1) is 12.7 Å². The zero-order valence-electron chi connectivity index (χ0n) is 10.4. The molecule has 94 valence electrons. The van der Waals surface area contributed by atoms with Crippen molar-refractivity contribution < 1.29 is 9.84 Å². The number of benzene rings is 1. The summed E-state index contributed by atoms with van der Waals surface area (Å²) in [6, 6.07) is 8.15. The second-order valence-corrected chi connectivity index (χ2v) is 4.88. The van der Waals surface area contributed by atoms with Gasteiger partial charge in [-0.2, -0.15) is 0 Å². The first kappa shape index (κ1) is 12.4. The third kappa shape index (κ3) is 4.75. The lowest BCUT2D eigenvalue weighted by molar-refractivity contribution is 0.0386. The number of anilines is 1. The molecule has 1 aromatic carbocycles. The van der Waals surface area contributed by atoms with Gasteiger partial charge in [-0.3, -0.25) is 0 Å². The lowest BCUT2D eigenvalue weighted by atomic mass is 10.2. The number of hydrogen-bond acceptors (Lipinski definition) is 3. The third-order valence-electron chi connectivity index (χ3n) is 2.95. The number of hydrogen-bond donors (Lipinski definition) is 2. The Bertz CT molecular complexity index is 333. The van der Waals surface area contributed by atoms with Crippen LogP contribution in [0.25, 0.3) is 0 Å². The monoisotopic (exact) mass is 235 g/mol. The van der Waals surface area contributed by atoms with E-state index >= 15 is 0 Å². The second kappa shape index (κ2) is 6.03. The van der Waals surface area contributed by atoms with E-state index in [1.54, 1.807) is 0 Å². The minimum atomic E-state index is -0.435. The van der Waals surface area contributed by atoms with Crippen molar-refractivity contribution in [3.05, 3.63) is 29.8 Å². The Morgan fingerprint density at radius 1 is 1.35 bits per heavy atom. The van der Waals surface area contributed by atoms with Crippen molar-refractivity contribution in [3.8, 4) is 0 Å². The maximum absolute atomic E-state index is 9.71. The van der Waals surface area contributed by atoms with Crippen LogP contribution >= 0.6 is 0 Å². The Hall–Kier alpha value is -1.06. The van der Waals surface area contributed by atoms with Crippen molar-refractivity contribution in [3.63, 3.8) is 0 Å². The van der Waals surface area contributed by atoms with E-state index in [0.29, 0.717) is 13.2 Å². The summed E-state index contributed by atoms with van der Waals surface area (Å²) in [4.78, 5) is 0. The number of aliphatic hydroxyl groups is 1. The summed E-state index contributed by atoms with van der Waals surface area (Å²) in [5.41, 5.74) is 2.28. The topological polar surface area (TPSA) is 41.5 Å². The fourth-order valence-electron chi connectivity index (χ4n) is 1.62. The number of nitrogens with one attached hydrogen (secondary N) is 1. The van der Waals surface area contributed by atoms with E-state index in [1.807, 2.05) is 12.1 Å². The van der Waals surface area contributed by atoms with E-state index in [-0.39, 0.29) is 0 Å². The van der Waals surface area contributed by atoms with Gasteiger partial charge in [0.25, 0.3) is 0 Å². The fraction of sp³-hybridized carbons (Fsp3) is 0.571. The molecule has 0 bridgehead atoms. The molecule has 0 heterocycles. The molecule has 3 nitrogen and oxygen atoms in total. The molecular formula is C14H21NO2. The van der Waals surface area contributed by atoms with Crippen LogP contribution in [0.3, 0.4) is 0 Å². The normalized spacial score (nSPS) is 16.8. The molecule has 1 saturated carbocycles. The lowest BCUT2D eigenvalue weighted by Gasteiger charge is -2.13. The Balaban J connectivity index is 1.60. The standard InChI is InChI=1S/C14H21NO2/c1-11-2-6-13(7-3-11)15-8-14(16)10-17-9-12-4-5-12/h2-3,6-7,12,14-16H,4-5,8-10H2,1H3. The summed E-state index contributed by atoms with van der Waals surface area (Å²) in [5, 5.41) is 12.9. The average molecular weight is 235 g/mol. The van der Waals surface area contributed by atoms with Crippen molar-refractivity contribution in [2.45, 2.75) is 25.9 Å². The third-order valence-corrected chi connectivity index (χ3v) is 2.95. The molecule has 0 saturated heterocycles. The minimum absolute atomic E-state index is 0.426. The second-order valence-electron chi connectivity index (χ2n) is 4.88. The van der Waals surface area contributed by atoms with Crippen molar-refractivity contribution in [2.24, 2.45) is 5.92 Å². The molecule has 0 radical (unpaired) electrons. The van der Waals surface area contributed by atoms with Crippen LogP contribution < -0.4 is 5.32 Å². The van der Waals surface area contributed by atoms with Crippen LogP contribution in [0.2, 0.25) is 0 Å². The first-order chi connectivity index (χ1) is 8.24. The summed E-state index contributed by atoms with van der Waals surface area (Å²) >= 11 is 0. The zero-order chi connectivity index (χ0) is 12.1. The molecule has 0 aliphatic heterocycles. The molecule has 1 aliphatic carbocycles. The number of ether oxygens (including phenoxy) is 1. The highest BCUT2D eigenvalue weighted by molar-refractivity contribution is 5.44. The maximum atomic E-state index is 9.71. The van der Waals surface area contributed by atoms with Crippen LogP contribution in [0.5, 0.6) is 0 Å². The van der Waals surface area contributed by atoms with Gasteiger partial charge in [-0.25, -0.2) is 0 Å². The van der Waals surface area contributed by atoms with Gasteiger partial charge in [-0.05, 0) is 37.8 Å². The quantitative estimate of drug-likeness (QED) is 0.761. The van der Waals surface area contributed by atoms with Gasteiger partial charge >= 0.3 is 0 Å². The Morgan fingerprint density at radius 3 is 2.71 bits per heavy atom. The SMILES string of the molecule is Cc1ccc(NCC(O)COCC2CC2)cc1. The highest BCUT2D eigenvalue weighted by atomic mass is 16.5. The molecule has 1 aromatic rings. The molecular weight excluding hydrogens is 214 g/mol. The lowest BCUT2D eigenvalue weighted by Crippen LogP contribution is -2.25. The predicted molar refractivity (Wildman–Crippen MR) is 69.2 cm³/mol. The van der Waals surface area contributed by atoms with E-state index in [2.05, 4.69) is 24.4 Å². The summed E-state index contributed by atoms with van der Waals surface area (Å²) in [6.07, 6.45) is 2.14. The van der Waals surface area contributed by atoms with Gasteiger partial charge < -0.3 is 15.2 Å². The Morgan fingerprint density at radius 2 is 2.06 bits per heavy atom. The molecule has 0 aromatic heterocycles. The maximum Gasteiger partial charge on any atom is 0.0945 e. The van der Waals surface area contributed by atoms with E-state index in [1.165, 1.54) is 18.4 Å². The van der Waals surface area contributed by atoms with Crippen LogP contribution in [0.15, 0.2) is 24.3 Å². The molecule has 1 aliphatic rings. The number of aliphatic hydroxyl groups excluding tert-OH is 1. The van der Waals surface area contributed by atoms with Crippen LogP contribution in [0, 0.1) is 12.8 Å². The highest BCUT2D eigenvalue weighted by Crippen LogP contribution is 2.28. The molecule has 17 heavy (non-hydrogen) atoms. The predicted octanol–water partition coefficient (Wildman–Crippen LogP) is 2.19. The fourth-order valence-corrected chi connectivity index (χ4v) is 1.62. The molecule has 1 atom stereocenters. The van der Waals surface area contributed by atoms with Gasteiger partial charge in [0.15, 0.2) is 0 Å². The first-order valence-corrected chi connectivity index (χ1v) is 6.30.